The van der Waals surface area contributed by atoms with Crippen molar-refractivity contribution in [2.45, 2.75) is 26.4 Å². The number of aryl methyl sites for hydroxylation is 1. The van der Waals surface area contributed by atoms with Crippen molar-refractivity contribution in [2.75, 3.05) is 13.1 Å². The number of carbonyl (C=O) groups is 1. The normalized spacial score (nSPS) is 17.7. The molecule has 0 aromatic heterocycles. The van der Waals surface area contributed by atoms with E-state index in [1.165, 1.54) is 6.07 Å². The Kier molecular flexibility index (Phi) is 3.07. The molecule has 0 unspecified atom stereocenters. The minimum Gasteiger partial charge on any atom is -0.507 e. The van der Waals surface area contributed by atoms with Crippen LogP contribution in [0, 0.1) is 12.8 Å². The molecule has 1 heterocycles. The van der Waals surface area contributed by atoms with Gasteiger partial charge in [-0.1, -0.05) is 25.5 Å². The number of carbonyl (C=O) groups excluding carboxylic acids is 1. The molecule has 4 heteroatoms. The van der Waals surface area contributed by atoms with E-state index in [4.69, 9.17) is 0 Å². The molecule has 2 N–H and O–H groups in total. The second-order valence-electron chi connectivity index (χ2n) is 5.44. The van der Waals surface area contributed by atoms with E-state index in [-0.39, 0.29) is 17.6 Å². The Morgan fingerprint density at radius 2 is 2.00 bits per heavy atom. The smallest absolute Gasteiger partial charge is 0.257 e. The van der Waals surface area contributed by atoms with Gasteiger partial charge in [-0.25, -0.2) is 0 Å². The number of aromatic hydroxyl groups is 1. The van der Waals surface area contributed by atoms with Gasteiger partial charge in [-0.15, -0.1) is 0 Å². The van der Waals surface area contributed by atoms with E-state index in [1.54, 1.807) is 17.0 Å². The number of hydrogen-bond donors (Lipinski definition) is 2. The van der Waals surface area contributed by atoms with Gasteiger partial charge in [0.15, 0.2) is 0 Å². The Hall–Kier alpha value is -1.55. The number of phenolic OH excluding ortho intramolecular Hbond substituents is 1. The summed E-state index contributed by atoms with van der Waals surface area (Å²) in [5.41, 5.74) is 0.450. The molecule has 0 radical (unpaired) electrons. The van der Waals surface area contributed by atoms with E-state index >= 15 is 0 Å². The number of benzene rings is 1. The fraction of sp³-hybridized carbons (Fsp3) is 0.500. The van der Waals surface area contributed by atoms with Gasteiger partial charge in [0.1, 0.15) is 11.4 Å². The molecule has 0 spiro atoms. The Morgan fingerprint density at radius 3 is 2.56 bits per heavy atom. The fourth-order valence-corrected chi connectivity index (χ4v) is 2.11. The topological polar surface area (TPSA) is 60.8 Å². The minimum absolute atomic E-state index is 0.00872. The summed E-state index contributed by atoms with van der Waals surface area (Å²) in [6, 6.07) is 4.95. The summed E-state index contributed by atoms with van der Waals surface area (Å²) in [5.74, 6) is -0.111. The average Bonchev–Trinajstić information content (AvgIpc) is 2.27. The third-order valence-corrected chi connectivity index (χ3v) is 3.67. The van der Waals surface area contributed by atoms with Crippen molar-refractivity contribution in [3.63, 3.8) is 0 Å². The fourth-order valence-electron chi connectivity index (χ4n) is 2.11. The largest absolute Gasteiger partial charge is 0.507 e. The summed E-state index contributed by atoms with van der Waals surface area (Å²) in [5, 5.41) is 19.8. The molecule has 1 aliphatic rings. The third-order valence-electron chi connectivity index (χ3n) is 3.67. The lowest BCUT2D eigenvalue weighted by molar-refractivity contribution is -0.110. The van der Waals surface area contributed by atoms with Crippen LogP contribution in [0.25, 0.3) is 0 Å². The molecule has 98 valence electrons. The van der Waals surface area contributed by atoms with Crippen LogP contribution in [0.4, 0.5) is 0 Å². The van der Waals surface area contributed by atoms with Crippen LogP contribution in [-0.2, 0) is 0 Å². The minimum atomic E-state index is -0.783. The molecule has 2 rings (SSSR count). The van der Waals surface area contributed by atoms with Crippen LogP contribution in [-0.4, -0.2) is 39.7 Å². The van der Waals surface area contributed by atoms with Crippen molar-refractivity contribution in [3.8, 4) is 5.75 Å². The van der Waals surface area contributed by atoms with Crippen molar-refractivity contribution >= 4 is 5.91 Å². The number of amides is 1. The van der Waals surface area contributed by atoms with Crippen LogP contribution in [0.1, 0.15) is 29.8 Å². The molecule has 4 nitrogen and oxygen atoms in total. The Bertz CT molecular complexity index is 476. The molecule has 1 aromatic carbocycles. The van der Waals surface area contributed by atoms with E-state index in [1.807, 2.05) is 20.8 Å². The molecular formula is C14H19NO3. The predicted molar refractivity (Wildman–Crippen MR) is 68.5 cm³/mol. The molecule has 1 saturated heterocycles. The number of β-amino-alcohol motifs (C(OH)–C–C–N with tert-alkyl or cyclic N) is 1. The number of nitrogens with zero attached hydrogens (tertiary/aromatic N) is 1. The van der Waals surface area contributed by atoms with Crippen LogP contribution in [0.5, 0.6) is 5.75 Å². The average molecular weight is 249 g/mol. The van der Waals surface area contributed by atoms with E-state index in [9.17, 15) is 15.0 Å². The molecule has 0 saturated carbocycles. The van der Waals surface area contributed by atoms with Crippen LogP contribution in [0.3, 0.4) is 0 Å². The molecule has 1 fully saturated rings. The zero-order valence-electron chi connectivity index (χ0n) is 11.0. The number of phenols is 1. The lowest BCUT2D eigenvalue weighted by Crippen LogP contribution is -2.65. The van der Waals surface area contributed by atoms with Gasteiger partial charge in [0.05, 0.1) is 18.7 Å². The zero-order chi connectivity index (χ0) is 13.5. The lowest BCUT2D eigenvalue weighted by Gasteiger charge is -2.49. The number of hydrogen-bond acceptors (Lipinski definition) is 3. The molecule has 0 atom stereocenters. The Morgan fingerprint density at radius 1 is 1.39 bits per heavy atom. The van der Waals surface area contributed by atoms with Crippen molar-refractivity contribution in [3.05, 3.63) is 29.3 Å². The summed E-state index contributed by atoms with van der Waals surface area (Å²) in [4.78, 5) is 13.7. The van der Waals surface area contributed by atoms with Gasteiger partial charge >= 0.3 is 0 Å². The van der Waals surface area contributed by atoms with Crippen LogP contribution in [0.2, 0.25) is 0 Å². The van der Waals surface area contributed by atoms with Crippen LogP contribution < -0.4 is 0 Å². The maximum atomic E-state index is 12.2. The molecule has 0 aliphatic carbocycles. The summed E-state index contributed by atoms with van der Waals surface area (Å²) in [7, 11) is 0. The number of aliphatic hydroxyl groups is 1. The van der Waals surface area contributed by atoms with Crippen LogP contribution >= 0.6 is 0 Å². The van der Waals surface area contributed by atoms with Crippen LogP contribution in [0.15, 0.2) is 18.2 Å². The Balaban J connectivity index is 2.13. The Labute approximate surface area is 107 Å². The summed E-state index contributed by atoms with van der Waals surface area (Å²) in [6.45, 7) is 6.41. The van der Waals surface area contributed by atoms with Crippen molar-refractivity contribution < 1.29 is 15.0 Å². The van der Waals surface area contributed by atoms with Crippen molar-refractivity contribution in [1.29, 1.82) is 0 Å². The molecule has 1 aliphatic heterocycles. The van der Waals surface area contributed by atoms with Gasteiger partial charge in [0, 0.05) is 0 Å². The van der Waals surface area contributed by atoms with Crippen molar-refractivity contribution in [2.24, 2.45) is 5.92 Å². The molecule has 0 bridgehead atoms. The van der Waals surface area contributed by atoms with Gasteiger partial charge in [-0.3, -0.25) is 4.79 Å². The first-order valence-corrected chi connectivity index (χ1v) is 6.15. The van der Waals surface area contributed by atoms with Gasteiger partial charge < -0.3 is 15.1 Å². The maximum Gasteiger partial charge on any atom is 0.257 e. The summed E-state index contributed by atoms with van der Waals surface area (Å²) < 4.78 is 0. The first-order valence-electron chi connectivity index (χ1n) is 6.15. The highest BCUT2D eigenvalue weighted by Crippen LogP contribution is 2.31. The first kappa shape index (κ1) is 12.9. The van der Waals surface area contributed by atoms with Gasteiger partial charge in [-0.2, -0.15) is 0 Å². The number of rotatable bonds is 2. The first-order chi connectivity index (χ1) is 8.33. The second kappa shape index (κ2) is 4.28. The SMILES string of the molecule is Cc1ccc(O)c(C(=O)N2CC(O)(C(C)C)C2)c1. The molecule has 1 amide bonds. The van der Waals surface area contributed by atoms with Gasteiger partial charge in [0.25, 0.3) is 5.91 Å². The highest BCUT2D eigenvalue weighted by Gasteiger charge is 2.46. The quantitative estimate of drug-likeness (QED) is 0.836. The summed E-state index contributed by atoms with van der Waals surface area (Å²) in [6.07, 6.45) is 0. The second-order valence-corrected chi connectivity index (χ2v) is 5.44. The van der Waals surface area contributed by atoms with E-state index in [0.29, 0.717) is 18.7 Å². The summed E-state index contributed by atoms with van der Waals surface area (Å²) >= 11 is 0. The zero-order valence-corrected chi connectivity index (χ0v) is 11.0. The lowest BCUT2D eigenvalue weighted by atomic mass is 9.82. The van der Waals surface area contributed by atoms with E-state index < -0.39 is 5.60 Å². The standard InChI is InChI=1S/C14H19NO3/c1-9(2)14(18)7-15(8-14)13(17)11-6-10(3)4-5-12(11)16/h4-6,9,16,18H,7-8H2,1-3H3. The van der Waals surface area contributed by atoms with E-state index in [2.05, 4.69) is 0 Å². The highest BCUT2D eigenvalue weighted by atomic mass is 16.3. The van der Waals surface area contributed by atoms with Gasteiger partial charge in [0.2, 0.25) is 0 Å². The van der Waals surface area contributed by atoms with E-state index in [0.717, 1.165) is 5.56 Å². The number of likely N-dealkylation sites (tertiary alicyclic amines) is 1. The maximum absolute atomic E-state index is 12.2. The molecular weight excluding hydrogens is 230 g/mol. The predicted octanol–water partition coefficient (Wildman–Crippen LogP) is 1.54. The molecule has 18 heavy (non-hydrogen) atoms. The highest BCUT2D eigenvalue weighted by molar-refractivity contribution is 5.97. The monoisotopic (exact) mass is 249 g/mol. The molecule has 1 aromatic rings. The van der Waals surface area contributed by atoms with Crippen molar-refractivity contribution in [1.82, 2.24) is 4.90 Å². The van der Waals surface area contributed by atoms with Gasteiger partial charge in [-0.05, 0) is 25.0 Å². The third kappa shape index (κ3) is 2.08.